The van der Waals surface area contributed by atoms with E-state index in [1.54, 1.807) is 12.1 Å². The average molecular weight is 175 g/mol. The predicted octanol–water partition coefficient (Wildman–Crippen LogP) is 2.02. The first-order valence-corrected chi connectivity index (χ1v) is 3.79. The third-order valence-electron chi connectivity index (χ3n) is 1.81. The van der Waals surface area contributed by atoms with Crippen molar-refractivity contribution in [3.8, 4) is 0 Å². The lowest BCUT2D eigenvalue weighted by Gasteiger charge is -1.98. The van der Waals surface area contributed by atoms with Gasteiger partial charge in [0.05, 0.1) is 13.4 Å². The van der Waals surface area contributed by atoms with Gasteiger partial charge in [0.25, 0.3) is 0 Å². The van der Waals surface area contributed by atoms with E-state index in [0.717, 1.165) is 5.39 Å². The molecule has 65 valence electrons. The normalized spacial score (nSPS) is 10.2. The second-order valence-electron chi connectivity index (χ2n) is 2.55. The molecule has 3 nitrogen and oxygen atoms in total. The Morgan fingerprint density at radius 2 is 2.38 bits per heavy atom. The highest BCUT2D eigenvalue weighted by Crippen LogP contribution is 2.19. The molecule has 0 unspecified atom stereocenters. The topological polar surface area (TPSA) is 39.4 Å². The van der Waals surface area contributed by atoms with Gasteiger partial charge in [0.2, 0.25) is 0 Å². The van der Waals surface area contributed by atoms with E-state index in [4.69, 9.17) is 4.42 Å². The molecule has 1 aromatic carbocycles. The summed E-state index contributed by atoms with van der Waals surface area (Å²) >= 11 is 0. The van der Waals surface area contributed by atoms with E-state index in [1.807, 2.05) is 6.07 Å². The van der Waals surface area contributed by atoms with Gasteiger partial charge in [-0.3, -0.25) is 0 Å². The van der Waals surface area contributed by atoms with Crippen LogP contribution < -0.4 is 0 Å². The van der Waals surface area contributed by atoms with Crippen LogP contribution in [-0.2, 0) is 4.74 Å². The lowest BCUT2D eigenvalue weighted by Crippen LogP contribution is -2.00. The number of para-hydroxylation sites is 1. The fourth-order valence-electron chi connectivity index (χ4n) is 1.20. The molecule has 0 fully saturated rings. The molecule has 1 radical (unpaired) electrons. The van der Waals surface area contributed by atoms with E-state index in [1.165, 1.54) is 13.4 Å². The zero-order valence-corrected chi connectivity index (χ0v) is 7.03. The van der Waals surface area contributed by atoms with Crippen molar-refractivity contribution in [2.75, 3.05) is 7.11 Å². The quantitative estimate of drug-likeness (QED) is 0.622. The summed E-state index contributed by atoms with van der Waals surface area (Å²) in [6, 6.07) is 8.11. The van der Waals surface area contributed by atoms with Gasteiger partial charge < -0.3 is 9.15 Å². The maximum atomic E-state index is 11.2. The number of carbonyl (C=O) groups excluding carboxylic acids is 1. The van der Waals surface area contributed by atoms with Gasteiger partial charge in [0, 0.05) is 11.5 Å². The second-order valence-corrected chi connectivity index (χ2v) is 2.55. The number of methoxy groups -OCH3 is 1. The van der Waals surface area contributed by atoms with E-state index in [2.05, 4.69) is 10.8 Å². The largest absolute Gasteiger partial charge is 0.465 e. The molecule has 0 spiro atoms. The molecular weight excluding hydrogens is 168 g/mol. The number of furan rings is 1. The SMILES string of the molecule is COC(=O)c1cccc2[c]coc12. The van der Waals surface area contributed by atoms with Crippen LogP contribution in [0.4, 0.5) is 0 Å². The maximum Gasteiger partial charge on any atom is 0.341 e. The third-order valence-corrected chi connectivity index (χ3v) is 1.81. The number of hydrogen-bond acceptors (Lipinski definition) is 3. The minimum absolute atomic E-state index is 0.394. The van der Waals surface area contributed by atoms with Crippen LogP contribution in [0.3, 0.4) is 0 Å². The Balaban J connectivity index is 2.67. The van der Waals surface area contributed by atoms with Crippen LogP contribution >= 0.6 is 0 Å². The van der Waals surface area contributed by atoms with Crippen LogP contribution in [-0.4, -0.2) is 13.1 Å². The first-order chi connectivity index (χ1) is 6.33. The predicted molar refractivity (Wildman–Crippen MR) is 46.4 cm³/mol. The molecule has 0 aliphatic heterocycles. The van der Waals surface area contributed by atoms with Gasteiger partial charge in [0.1, 0.15) is 11.1 Å². The number of fused-ring (bicyclic) bond motifs is 1. The third kappa shape index (κ3) is 1.18. The molecule has 1 heterocycles. The molecule has 0 aliphatic rings. The van der Waals surface area contributed by atoms with Crippen LogP contribution in [0.2, 0.25) is 0 Å². The molecule has 1 aromatic heterocycles. The molecule has 2 aromatic rings. The summed E-state index contributed by atoms with van der Waals surface area (Å²) in [5, 5.41) is 0.780. The van der Waals surface area contributed by atoms with Gasteiger partial charge in [0.15, 0.2) is 0 Å². The van der Waals surface area contributed by atoms with Gasteiger partial charge in [-0.05, 0) is 6.07 Å². The number of benzene rings is 1. The van der Waals surface area contributed by atoms with Gasteiger partial charge in [-0.25, -0.2) is 4.79 Å². The number of ether oxygens (including phenoxy) is 1. The van der Waals surface area contributed by atoms with Crippen molar-refractivity contribution in [3.63, 3.8) is 0 Å². The molecule has 0 atom stereocenters. The molecule has 13 heavy (non-hydrogen) atoms. The van der Waals surface area contributed by atoms with E-state index < -0.39 is 5.97 Å². The van der Waals surface area contributed by atoms with Crippen LogP contribution in [0.1, 0.15) is 10.4 Å². The van der Waals surface area contributed by atoms with Gasteiger partial charge >= 0.3 is 5.97 Å². The zero-order chi connectivity index (χ0) is 9.26. The second kappa shape index (κ2) is 2.94. The molecule has 0 saturated carbocycles. The fourth-order valence-corrected chi connectivity index (χ4v) is 1.20. The minimum atomic E-state index is -0.394. The average Bonchev–Trinajstić information content (AvgIpc) is 2.63. The Hall–Kier alpha value is -1.77. The minimum Gasteiger partial charge on any atom is -0.465 e. The van der Waals surface area contributed by atoms with Crippen LogP contribution in [0, 0.1) is 6.07 Å². The molecule has 2 rings (SSSR count). The van der Waals surface area contributed by atoms with Crippen LogP contribution in [0.5, 0.6) is 0 Å². The van der Waals surface area contributed by atoms with Gasteiger partial charge in [-0.2, -0.15) is 0 Å². The van der Waals surface area contributed by atoms with E-state index in [9.17, 15) is 4.79 Å². The molecule has 0 N–H and O–H groups in total. The standard InChI is InChI=1S/C10H7O3/c1-12-10(11)8-4-2-3-7-5-6-13-9(7)8/h2-4,6H,1H3. The van der Waals surface area contributed by atoms with Crippen molar-refractivity contribution in [1.29, 1.82) is 0 Å². The van der Waals surface area contributed by atoms with Crippen molar-refractivity contribution >= 4 is 16.9 Å². The Morgan fingerprint density at radius 3 is 3.15 bits per heavy atom. The number of esters is 1. The van der Waals surface area contributed by atoms with Gasteiger partial charge in [-0.1, -0.05) is 12.1 Å². The monoisotopic (exact) mass is 175 g/mol. The number of carbonyl (C=O) groups is 1. The summed E-state index contributed by atoms with van der Waals surface area (Å²) in [5.41, 5.74) is 0.954. The molecular formula is C10H7O3. The van der Waals surface area contributed by atoms with Crippen molar-refractivity contribution < 1.29 is 13.9 Å². The highest BCUT2D eigenvalue weighted by molar-refractivity contribution is 6.01. The summed E-state index contributed by atoms with van der Waals surface area (Å²) in [6.07, 6.45) is 1.43. The zero-order valence-electron chi connectivity index (χ0n) is 7.03. The van der Waals surface area contributed by atoms with Crippen molar-refractivity contribution in [2.24, 2.45) is 0 Å². The Bertz CT molecular complexity index is 442. The Labute approximate surface area is 74.9 Å². The Kier molecular flexibility index (Phi) is 1.77. The van der Waals surface area contributed by atoms with E-state index in [-0.39, 0.29) is 0 Å². The molecule has 0 amide bonds. The molecule has 0 saturated heterocycles. The molecule has 0 aliphatic carbocycles. The first kappa shape index (κ1) is 7.86. The van der Waals surface area contributed by atoms with Crippen LogP contribution in [0.25, 0.3) is 11.0 Å². The maximum absolute atomic E-state index is 11.2. The number of rotatable bonds is 1. The lowest BCUT2D eigenvalue weighted by molar-refractivity contribution is 0.0602. The van der Waals surface area contributed by atoms with Gasteiger partial charge in [-0.15, -0.1) is 0 Å². The van der Waals surface area contributed by atoms with E-state index >= 15 is 0 Å². The van der Waals surface area contributed by atoms with Crippen molar-refractivity contribution in [1.82, 2.24) is 0 Å². The fraction of sp³-hybridized carbons (Fsp3) is 0.100. The van der Waals surface area contributed by atoms with Crippen molar-refractivity contribution in [3.05, 3.63) is 36.1 Å². The number of hydrogen-bond donors (Lipinski definition) is 0. The van der Waals surface area contributed by atoms with E-state index in [0.29, 0.717) is 11.1 Å². The summed E-state index contributed by atoms with van der Waals surface area (Å²) in [5.74, 6) is -0.394. The highest BCUT2D eigenvalue weighted by Gasteiger charge is 2.11. The lowest BCUT2D eigenvalue weighted by atomic mass is 10.1. The Morgan fingerprint density at radius 1 is 1.54 bits per heavy atom. The summed E-state index contributed by atoms with van der Waals surface area (Å²) < 4.78 is 9.72. The van der Waals surface area contributed by atoms with Crippen molar-refractivity contribution in [2.45, 2.75) is 0 Å². The van der Waals surface area contributed by atoms with Crippen LogP contribution in [0.15, 0.2) is 28.9 Å². The summed E-state index contributed by atoms with van der Waals surface area (Å²) in [6.45, 7) is 0. The molecule has 3 heteroatoms. The smallest absolute Gasteiger partial charge is 0.341 e. The summed E-state index contributed by atoms with van der Waals surface area (Å²) in [4.78, 5) is 11.2. The summed E-state index contributed by atoms with van der Waals surface area (Å²) in [7, 11) is 1.34. The first-order valence-electron chi connectivity index (χ1n) is 3.79. The molecule has 0 bridgehead atoms. The highest BCUT2D eigenvalue weighted by atomic mass is 16.5.